The smallest absolute Gasteiger partial charge is 0.337 e. The van der Waals surface area contributed by atoms with E-state index in [2.05, 4.69) is 5.32 Å². The van der Waals surface area contributed by atoms with E-state index < -0.39 is 73.6 Å². The van der Waals surface area contributed by atoms with Crippen molar-refractivity contribution in [3.05, 3.63) is 52.5 Å². The largest absolute Gasteiger partial charge is 0.389 e. The van der Waals surface area contributed by atoms with E-state index in [4.69, 9.17) is 23.2 Å². The number of nitrogens with one attached hydrogen (secondary N) is 1. The zero-order valence-electron chi connectivity index (χ0n) is 20.0. The SMILES string of the molecule is O=C1Nc2c(Cl)cccc2N(c2cccc(Cl)c2)C[C@@H]1N1C(=O)C(CCC(F)(F)F)C(CCC(F)(F)F)C1=O. The zero-order chi connectivity index (χ0) is 28.7. The summed E-state index contributed by atoms with van der Waals surface area (Å²) in [6.45, 7) is -0.352. The van der Waals surface area contributed by atoms with Crippen LogP contribution < -0.4 is 10.2 Å². The van der Waals surface area contributed by atoms with E-state index in [-0.39, 0.29) is 17.3 Å². The molecule has 0 saturated carbocycles. The van der Waals surface area contributed by atoms with Gasteiger partial charge in [0.05, 0.1) is 34.8 Å². The molecule has 2 unspecified atom stereocenters. The lowest BCUT2D eigenvalue weighted by atomic mass is 9.87. The highest BCUT2D eigenvalue weighted by Crippen LogP contribution is 2.43. The number of amides is 3. The number of imide groups is 1. The minimum Gasteiger partial charge on any atom is -0.337 e. The molecule has 210 valence electrons. The summed E-state index contributed by atoms with van der Waals surface area (Å²) in [5.74, 6) is -6.45. The van der Waals surface area contributed by atoms with Crippen LogP contribution >= 0.6 is 23.2 Å². The summed E-state index contributed by atoms with van der Waals surface area (Å²) in [5.41, 5.74) is 0.962. The summed E-state index contributed by atoms with van der Waals surface area (Å²) in [5, 5.41) is 3.01. The monoisotopic (exact) mass is 595 g/mol. The van der Waals surface area contributed by atoms with E-state index in [9.17, 15) is 40.7 Å². The van der Waals surface area contributed by atoms with Crippen molar-refractivity contribution in [1.29, 1.82) is 0 Å². The maximum Gasteiger partial charge on any atom is 0.389 e. The topological polar surface area (TPSA) is 69.7 Å². The van der Waals surface area contributed by atoms with Crippen molar-refractivity contribution in [2.45, 2.75) is 44.1 Å². The maximum atomic E-state index is 13.4. The van der Waals surface area contributed by atoms with Gasteiger partial charge in [-0.15, -0.1) is 0 Å². The number of hydrogen-bond donors (Lipinski definition) is 1. The summed E-state index contributed by atoms with van der Waals surface area (Å²) < 4.78 is 77.9. The number of anilines is 3. The number of likely N-dealkylation sites (tertiary alicyclic amines) is 1. The summed E-state index contributed by atoms with van der Waals surface area (Å²) >= 11 is 12.5. The average Bonchev–Trinajstić information content (AvgIpc) is 2.95. The Balaban J connectivity index is 1.74. The van der Waals surface area contributed by atoms with Gasteiger partial charge in [0, 0.05) is 23.6 Å². The third-order valence-corrected chi connectivity index (χ3v) is 7.24. The van der Waals surface area contributed by atoms with Crippen LogP contribution in [-0.2, 0) is 14.4 Å². The maximum absolute atomic E-state index is 13.4. The Morgan fingerprint density at radius 2 is 1.41 bits per heavy atom. The molecule has 3 amide bonds. The number of fused-ring (bicyclic) bond motifs is 1. The zero-order valence-corrected chi connectivity index (χ0v) is 21.5. The van der Waals surface area contributed by atoms with Gasteiger partial charge in [-0.05, 0) is 43.2 Å². The highest BCUT2D eigenvalue weighted by molar-refractivity contribution is 6.35. The molecule has 0 bridgehead atoms. The van der Waals surface area contributed by atoms with Gasteiger partial charge >= 0.3 is 12.4 Å². The Morgan fingerprint density at radius 3 is 1.95 bits per heavy atom. The fourth-order valence-corrected chi connectivity index (χ4v) is 5.32. The van der Waals surface area contributed by atoms with Crippen LogP contribution in [0.1, 0.15) is 25.7 Å². The number of halogens is 8. The van der Waals surface area contributed by atoms with E-state index in [0.717, 1.165) is 0 Å². The summed E-state index contributed by atoms with van der Waals surface area (Å²) in [6, 6.07) is 9.49. The Bertz CT molecular complexity index is 1250. The van der Waals surface area contributed by atoms with Gasteiger partial charge in [0.15, 0.2) is 0 Å². The Hall–Kier alpha value is -2.99. The van der Waals surface area contributed by atoms with Gasteiger partial charge in [0.2, 0.25) is 17.7 Å². The number of para-hydroxylation sites is 1. The van der Waals surface area contributed by atoms with Crippen LogP contribution in [0.2, 0.25) is 10.0 Å². The van der Waals surface area contributed by atoms with Crippen molar-refractivity contribution in [2.24, 2.45) is 11.8 Å². The predicted octanol–water partition coefficient (Wildman–Crippen LogP) is 6.74. The number of carbonyl (C=O) groups is 3. The van der Waals surface area contributed by atoms with Gasteiger partial charge in [-0.1, -0.05) is 35.3 Å². The first-order valence-corrected chi connectivity index (χ1v) is 12.5. The molecule has 3 atom stereocenters. The standard InChI is InChI=1S/C25H21Cl2F6N3O3/c26-13-3-1-4-14(11-13)35-12-19(21(37)34-20-17(27)5-2-6-18(20)35)36-22(38)15(7-9-24(28,29)30)16(23(36)39)8-10-25(31,32)33/h1-6,11,15-16,19H,7-10,12H2,(H,34,37)/t15?,16?,19-/m0/s1. The van der Waals surface area contributed by atoms with Gasteiger partial charge < -0.3 is 10.2 Å². The van der Waals surface area contributed by atoms with Crippen molar-refractivity contribution in [2.75, 3.05) is 16.8 Å². The molecule has 6 nitrogen and oxygen atoms in total. The lowest BCUT2D eigenvalue weighted by Crippen LogP contribution is -2.51. The molecule has 1 N–H and O–H groups in total. The highest BCUT2D eigenvalue weighted by atomic mass is 35.5. The van der Waals surface area contributed by atoms with E-state index in [1.807, 2.05) is 0 Å². The minimum absolute atomic E-state index is 0.124. The van der Waals surface area contributed by atoms with Crippen LogP contribution in [0.15, 0.2) is 42.5 Å². The van der Waals surface area contributed by atoms with Gasteiger partial charge in [-0.25, -0.2) is 0 Å². The number of hydrogen-bond acceptors (Lipinski definition) is 4. The first-order valence-electron chi connectivity index (χ1n) is 11.8. The van der Waals surface area contributed by atoms with Crippen LogP contribution in [0.3, 0.4) is 0 Å². The van der Waals surface area contributed by atoms with Crippen molar-refractivity contribution >= 4 is 58.0 Å². The molecule has 0 aliphatic carbocycles. The third-order valence-electron chi connectivity index (χ3n) is 6.69. The molecule has 2 heterocycles. The minimum atomic E-state index is -4.70. The van der Waals surface area contributed by atoms with Crippen LogP contribution in [0.25, 0.3) is 0 Å². The first-order chi connectivity index (χ1) is 18.2. The van der Waals surface area contributed by atoms with Crippen LogP contribution in [0.4, 0.5) is 43.4 Å². The molecule has 2 aromatic carbocycles. The Labute approximate surface area is 228 Å². The van der Waals surface area contributed by atoms with Crippen molar-refractivity contribution < 1.29 is 40.7 Å². The lowest BCUT2D eigenvalue weighted by Gasteiger charge is -2.30. The number of carbonyl (C=O) groups excluding carboxylic acids is 3. The second-order valence-corrected chi connectivity index (χ2v) is 10.1. The summed E-state index contributed by atoms with van der Waals surface area (Å²) in [6.07, 6.45) is -14.1. The Kier molecular flexibility index (Phi) is 8.09. The van der Waals surface area contributed by atoms with Crippen molar-refractivity contribution in [3.8, 4) is 0 Å². The highest BCUT2D eigenvalue weighted by Gasteiger charge is 2.53. The molecule has 4 rings (SSSR count). The number of rotatable bonds is 6. The molecular formula is C25H21Cl2F6N3O3. The molecule has 0 spiro atoms. The van der Waals surface area contributed by atoms with Crippen molar-refractivity contribution in [3.63, 3.8) is 0 Å². The van der Waals surface area contributed by atoms with Crippen LogP contribution in [-0.4, -0.2) is 47.6 Å². The van der Waals surface area contributed by atoms with Crippen molar-refractivity contribution in [1.82, 2.24) is 4.90 Å². The Morgan fingerprint density at radius 1 is 0.846 bits per heavy atom. The molecule has 14 heteroatoms. The second-order valence-electron chi connectivity index (χ2n) is 9.30. The van der Waals surface area contributed by atoms with Gasteiger partial charge in [-0.2, -0.15) is 26.3 Å². The van der Waals surface area contributed by atoms with E-state index in [1.54, 1.807) is 41.3 Å². The quantitative estimate of drug-likeness (QED) is 0.297. The van der Waals surface area contributed by atoms with E-state index >= 15 is 0 Å². The first kappa shape index (κ1) is 29.0. The molecule has 1 saturated heterocycles. The van der Waals surface area contributed by atoms with Gasteiger partial charge in [0.1, 0.15) is 6.04 Å². The van der Waals surface area contributed by atoms with E-state index in [0.29, 0.717) is 21.3 Å². The second kappa shape index (κ2) is 10.9. The molecule has 39 heavy (non-hydrogen) atoms. The van der Waals surface area contributed by atoms with Gasteiger partial charge in [0.25, 0.3) is 0 Å². The predicted molar refractivity (Wildman–Crippen MR) is 132 cm³/mol. The number of benzene rings is 2. The number of nitrogens with zero attached hydrogens (tertiary/aromatic N) is 2. The van der Waals surface area contributed by atoms with E-state index in [1.165, 1.54) is 6.07 Å². The summed E-state index contributed by atoms with van der Waals surface area (Å²) in [4.78, 5) is 42.2. The molecule has 2 aliphatic heterocycles. The molecular weight excluding hydrogens is 575 g/mol. The molecule has 1 fully saturated rings. The normalized spacial score (nSPS) is 22.2. The molecule has 2 aromatic rings. The van der Waals surface area contributed by atoms with Gasteiger partial charge in [-0.3, -0.25) is 19.3 Å². The average molecular weight is 596 g/mol. The fraction of sp³-hybridized carbons (Fsp3) is 0.400. The molecule has 2 aliphatic rings. The third kappa shape index (κ3) is 6.43. The summed E-state index contributed by atoms with van der Waals surface area (Å²) in [7, 11) is 0. The molecule has 0 aromatic heterocycles. The fourth-order valence-electron chi connectivity index (χ4n) is 4.91. The number of alkyl halides is 6. The lowest BCUT2D eigenvalue weighted by molar-refractivity contribution is -0.147. The van der Waals surface area contributed by atoms with Crippen LogP contribution in [0.5, 0.6) is 0 Å². The molecule has 0 radical (unpaired) electrons. The van der Waals surface area contributed by atoms with Crippen LogP contribution in [0, 0.1) is 11.8 Å².